The first-order valence-electron chi connectivity index (χ1n) is 11.1. The molecule has 0 saturated heterocycles. The Morgan fingerprint density at radius 2 is 1.71 bits per heavy atom. The zero-order chi connectivity index (χ0) is 24.1. The van der Waals surface area contributed by atoms with Gasteiger partial charge in [-0.1, -0.05) is 48.5 Å². The van der Waals surface area contributed by atoms with Gasteiger partial charge in [0.05, 0.1) is 25.7 Å². The molecule has 2 atom stereocenters. The number of nitrogens with zero attached hydrogens (tertiary/aromatic N) is 1. The van der Waals surface area contributed by atoms with E-state index in [2.05, 4.69) is 5.32 Å². The number of carbonyl (C=O) groups is 2. The second-order valence-corrected chi connectivity index (χ2v) is 8.08. The number of benzene rings is 3. The van der Waals surface area contributed by atoms with Gasteiger partial charge in [0.1, 0.15) is 11.6 Å². The van der Waals surface area contributed by atoms with Crippen LogP contribution in [-0.2, 0) is 16.1 Å². The first kappa shape index (κ1) is 23.4. The van der Waals surface area contributed by atoms with E-state index in [1.807, 2.05) is 36.4 Å². The highest BCUT2D eigenvalue weighted by Gasteiger charge is 2.43. The fraction of sp³-hybridized carbons (Fsp3) is 0.259. The largest absolute Gasteiger partial charge is 0.496 e. The monoisotopic (exact) mass is 462 g/mol. The second kappa shape index (κ2) is 10.5. The molecule has 0 fully saturated rings. The van der Waals surface area contributed by atoms with Crippen LogP contribution in [0.2, 0.25) is 0 Å². The van der Waals surface area contributed by atoms with Crippen molar-refractivity contribution in [2.45, 2.75) is 18.5 Å². The smallest absolute Gasteiger partial charge is 0.254 e. The van der Waals surface area contributed by atoms with Crippen molar-refractivity contribution in [3.63, 3.8) is 0 Å². The summed E-state index contributed by atoms with van der Waals surface area (Å²) in [6.45, 7) is 0.868. The minimum absolute atomic E-state index is 0.184. The van der Waals surface area contributed by atoms with E-state index < -0.39 is 12.0 Å². The standard InChI is InChI=1S/C27H27FN2O4/c1-33-16-15-30-25(18-11-13-20(28)14-12-18)24(21-8-4-5-9-22(21)27(30)32)26(31)29-17-19-7-3-6-10-23(19)34-2/h3-14,24-25H,15-17H2,1-2H3,(H,29,31)/t24-,25-/m0/s1. The number of nitrogens with one attached hydrogen (secondary N) is 1. The van der Waals surface area contributed by atoms with E-state index in [0.717, 1.165) is 5.56 Å². The van der Waals surface area contributed by atoms with Crippen LogP contribution in [0.25, 0.3) is 0 Å². The summed E-state index contributed by atoms with van der Waals surface area (Å²) in [4.78, 5) is 28.8. The lowest BCUT2D eigenvalue weighted by Gasteiger charge is -2.41. The van der Waals surface area contributed by atoms with Gasteiger partial charge in [0.25, 0.3) is 5.91 Å². The van der Waals surface area contributed by atoms with Gasteiger partial charge in [-0.2, -0.15) is 0 Å². The molecule has 1 heterocycles. The molecule has 1 aliphatic rings. The molecule has 0 spiro atoms. The van der Waals surface area contributed by atoms with Gasteiger partial charge in [0, 0.05) is 31.3 Å². The molecule has 0 aromatic heterocycles. The Morgan fingerprint density at radius 1 is 1.00 bits per heavy atom. The van der Waals surface area contributed by atoms with Gasteiger partial charge in [0.15, 0.2) is 0 Å². The van der Waals surface area contributed by atoms with E-state index in [1.165, 1.54) is 12.1 Å². The maximum Gasteiger partial charge on any atom is 0.254 e. The minimum atomic E-state index is -0.689. The maximum atomic E-state index is 13.7. The molecule has 6 nitrogen and oxygen atoms in total. The number of rotatable bonds is 8. The number of hydrogen-bond donors (Lipinski definition) is 1. The third kappa shape index (κ3) is 4.65. The molecule has 0 unspecified atom stereocenters. The molecule has 34 heavy (non-hydrogen) atoms. The zero-order valence-electron chi connectivity index (χ0n) is 19.2. The van der Waals surface area contributed by atoms with Gasteiger partial charge < -0.3 is 19.7 Å². The topological polar surface area (TPSA) is 67.9 Å². The fourth-order valence-corrected chi connectivity index (χ4v) is 4.48. The lowest BCUT2D eigenvalue weighted by atomic mass is 9.79. The predicted molar refractivity (Wildman–Crippen MR) is 126 cm³/mol. The third-order valence-corrected chi connectivity index (χ3v) is 6.11. The van der Waals surface area contributed by atoms with Crippen molar-refractivity contribution < 1.29 is 23.5 Å². The van der Waals surface area contributed by atoms with Crippen LogP contribution < -0.4 is 10.1 Å². The highest BCUT2D eigenvalue weighted by atomic mass is 19.1. The molecule has 3 aromatic rings. The summed E-state index contributed by atoms with van der Waals surface area (Å²) in [5.74, 6) is -0.810. The molecule has 176 valence electrons. The first-order chi connectivity index (χ1) is 16.5. The van der Waals surface area contributed by atoms with Gasteiger partial charge in [0.2, 0.25) is 5.91 Å². The quantitative estimate of drug-likeness (QED) is 0.548. The summed E-state index contributed by atoms with van der Waals surface area (Å²) in [6.07, 6.45) is 0. The summed E-state index contributed by atoms with van der Waals surface area (Å²) in [5, 5.41) is 3.02. The summed E-state index contributed by atoms with van der Waals surface area (Å²) in [7, 11) is 3.15. The Kier molecular flexibility index (Phi) is 7.23. The molecular weight excluding hydrogens is 435 g/mol. The summed E-state index contributed by atoms with van der Waals surface area (Å²) in [5.41, 5.74) is 2.65. The van der Waals surface area contributed by atoms with E-state index in [-0.39, 0.29) is 24.2 Å². The normalized spacial score (nSPS) is 17.3. The first-order valence-corrected chi connectivity index (χ1v) is 11.1. The highest BCUT2D eigenvalue weighted by molar-refractivity contribution is 6.01. The van der Waals surface area contributed by atoms with Crippen LogP contribution in [0.3, 0.4) is 0 Å². The molecule has 2 amide bonds. The number of hydrogen-bond acceptors (Lipinski definition) is 4. The van der Waals surface area contributed by atoms with Gasteiger partial charge >= 0.3 is 0 Å². The zero-order valence-corrected chi connectivity index (χ0v) is 19.2. The number of halogens is 1. The molecule has 0 bridgehead atoms. The molecule has 7 heteroatoms. The van der Waals surface area contributed by atoms with Crippen LogP contribution in [0.4, 0.5) is 4.39 Å². The molecule has 3 aromatic carbocycles. The Bertz CT molecular complexity index is 1170. The molecule has 4 rings (SSSR count). The number of ether oxygens (including phenoxy) is 2. The van der Waals surface area contributed by atoms with Crippen molar-refractivity contribution in [3.8, 4) is 5.75 Å². The van der Waals surface area contributed by atoms with Crippen molar-refractivity contribution in [1.82, 2.24) is 10.2 Å². The number of carbonyl (C=O) groups excluding carboxylic acids is 2. The van der Waals surface area contributed by atoms with E-state index in [1.54, 1.807) is 43.4 Å². The highest BCUT2D eigenvalue weighted by Crippen LogP contribution is 2.42. The number of methoxy groups -OCH3 is 2. The van der Waals surface area contributed by atoms with Crippen LogP contribution in [0.15, 0.2) is 72.8 Å². The van der Waals surface area contributed by atoms with Crippen LogP contribution in [0.1, 0.15) is 39.0 Å². The molecule has 1 N–H and O–H groups in total. The van der Waals surface area contributed by atoms with Gasteiger partial charge in [-0.05, 0) is 35.4 Å². The summed E-state index contributed by atoms with van der Waals surface area (Å²) in [6, 6.07) is 20.0. The summed E-state index contributed by atoms with van der Waals surface area (Å²) < 4.78 is 24.4. The molecule has 0 aliphatic carbocycles. The van der Waals surface area contributed by atoms with Crippen molar-refractivity contribution in [2.24, 2.45) is 0 Å². The Balaban J connectivity index is 1.75. The van der Waals surface area contributed by atoms with Crippen molar-refractivity contribution in [2.75, 3.05) is 27.4 Å². The summed E-state index contributed by atoms with van der Waals surface area (Å²) >= 11 is 0. The van der Waals surface area contributed by atoms with Gasteiger partial charge in [-0.3, -0.25) is 9.59 Å². The number of amides is 2. The van der Waals surface area contributed by atoms with E-state index in [4.69, 9.17) is 9.47 Å². The second-order valence-electron chi connectivity index (χ2n) is 8.08. The van der Waals surface area contributed by atoms with Crippen LogP contribution >= 0.6 is 0 Å². The Labute approximate surface area is 198 Å². The SMILES string of the molecule is COCCN1C(=O)c2ccccc2[C@H](C(=O)NCc2ccccc2OC)[C@@H]1c1ccc(F)cc1. The molecular formula is C27H27FN2O4. The molecule has 0 radical (unpaired) electrons. The average molecular weight is 463 g/mol. The lowest BCUT2D eigenvalue weighted by molar-refractivity contribution is -0.124. The van der Waals surface area contributed by atoms with Crippen LogP contribution in [0.5, 0.6) is 5.75 Å². The number of para-hydroxylation sites is 1. The van der Waals surface area contributed by atoms with Crippen molar-refractivity contribution in [3.05, 3.63) is 101 Å². The fourth-order valence-electron chi connectivity index (χ4n) is 4.48. The number of fused-ring (bicyclic) bond motifs is 1. The predicted octanol–water partition coefficient (Wildman–Crippen LogP) is 4.08. The van der Waals surface area contributed by atoms with Gasteiger partial charge in [-0.25, -0.2) is 4.39 Å². The van der Waals surface area contributed by atoms with E-state index in [9.17, 15) is 14.0 Å². The third-order valence-electron chi connectivity index (χ3n) is 6.11. The average Bonchev–Trinajstić information content (AvgIpc) is 2.87. The van der Waals surface area contributed by atoms with E-state index >= 15 is 0 Å². The van der Waals surface area contributed by atoms with Crippen molar-refractivity contribution in [1.29, 1.82) is 0 Å². The lowest BCUT2D eigenvalue weighted by Crippen LogP contribution is -2.48. The maximum absolute atomic E-state index is 13.7. The Morgan fingerprint density at radius 3 is 2.44 bits per heavy atom. The Hall–Kier alpha value is -3.71. The minimum Gasteiger partial charge on any atom is -0.496 e. The van der Waals surface area contributed by atoms with Crippen molar-refractivity contribution >= 4 is 11.8 Å². The molecule has 0 saturated carbocycles. The van der Waals surface area contributed by atoms with Crippen LogP contribution in [-0.4, -0.2) is 44.1 Å². The molecule has 1 aliphatic heterocycles. The van der Waals surface area contributed by atoms with Gasteiger partial charge in [-0.15, -0.1) is 0 Å². The van der Waals surface area contributed by atoms with E-state index in [0.29, 0.717) is 35.6 Å². The van der Waals surface area contributed by atoms with Crippen LogP contribution in [0, 0.1) is 5.82 Å².